The molecule has 0 fully saturated rings. The van der Waals surface area contributed by atoms with Crippen molar-refractivity contribution in [2.45, 2.75) is 4.90 Å². The van der Waals surface area contributed by atoms with Crippen molar-refractivity contribution >= 4 is 10.0 Å². The van der Waals surface area contributed by atoms with Crippen molar-refractivity contribution in [2.75, 3.05) is 33.4 Å². The molecule has 1 aromatic rings. The largest absolute Gasteiger partial charge is 0.492 e. The van der Waals surface area contributed by atoms with Crippen molar-refractivity contribution < 1.29 is 17.9 Å². The number of hydrogen-bond acceptors (Lipinski definition) is 5. The van der Waals surface area contributed by atoms with Gasteiger partial charge in [0, 0.05) is 20.2 Å². The lowest BCUT2D eigenvalue weighted by atomic mass is 10.3. The van der Waals surface area contributed by atoms with Crippen LogP contribution in [0, 0.1) is 0 Å². The van der Waals surface area contributed by atoms with Gasteiger partial charge in [-0.15, -0.1) is 0 Å². The zero-order valence-electron chi connectivity index (χ0n) is 10.3. The van der Waals surface area contributed by atoms with E-state index in [2.05, 4.69) is 4.72 Å². The van der Waals surface area contributed by atoms with Crippen molar-refractivity contribution in [3.8, 4) is 5.75 Å². The molecule has 0 radical (unpaired) electrons. The lowest BCUT2D eigenvalue weighted by Gasteiger charge is -2.08. The van der Waals surface area contributed by atoms with Crippen LogP contribution in [-0.2, 0) is 14.8 Å². The van der Waals surface area contributed by atoms with Gasteiger partial charge in [-0.1, -0.05) is 0 Å². The maximum absolute atomic E-state index is 11.8. The molecule has 1 aromatic carbocycles. The van der Waals surface area contributed by atoms with Crippen molar-refractivity contribution in [2.24, 2.45) is 5.73 Å². The number of nitrogens with two attached hydrogens (primary N) is 1. The Labute approximate surface area is 107 Å². The van der Waals surface area contributed by atoms with E-state index in [-0.39, 0.29) is 11.4 Å². The molecule has 1 rings (SSSR count). The smallest absolute Gasteiger partial charge is 0.240 e. The molecule has 102 valence electrons. The van der Waals surface area contributed by atoms with E-state index in [1.54, 1.807) is 12.1 Å². The Morgan fingerprint density at radius 1 is 1.22 bits per heavy atom. The van der Waals surface area contributed by atoms with Crippen molar-refractivity contribution in [1.29, 1.82) is 0 Å². The number of methoxy groups -OCH3 is 1. The molecule has 0 heterocycles. The van der Waals surface area contributed by atoms with Crippen LogP contribution in [-0.4, -0.2) is 41.8 Å². The maximum atomic E-state index is 11.8. The van der Waals surface area contributed by atoms with Gasteiger partial charge in [0.2, 0.25) is 10.0 Å². The van der Waals surface area contributed by atoms with E-state index >= 15 is 0 Å². The van der Waals surface area contributed by atoms with E-state index in [0.29, 0.717) is 25.5 Å². The molecule has 18 heavy (non-hydrogen) atoms. The minimum Gasteiger partial charge on any atom is -0.492 e. The van der Waals surface area contributed by atoms with E-state index in [1.807, 2.05) is 0 Å². The lowest BCUT2D eigenvalue weighted by Crippen LogP contribution is -2.27. The van der Waals surface area contributed by atoms with Crippen LogP contribution in [0.25, 0.3) is 0 Å². The van der Waals surface area contributed by atoms with Crippen LogP contribution in [0.1, 0.15) is 0 Å². The highest BCUT2D eigenvalue weighted by molar-refractivity contribution is 7.89. The highest BCUT2D eigenvalue weighted by Gasteiger charge is 2.12. The highest BCUT2D eigenvalue weighted by Crippen LogP contribution is 2.15. The maximum Gasteiger partial charge on any atom is 0.240 e. The summed E-state index contributed by atoms with van der Waals surface area (Å²) in [6.45, 7) is 1.39. The molecule has 0 saturated carbocycles. The predicted octanol–water partition coefficient (Wildman–Crippen LogP) is -0.0512. The Kier molecular flexibility index (Phi) is 6.06. The Hall–Kier alpha value is -1.15. The summed E-state index contributed by atoms with van der Waals surface area (Å²) < 4.78 is 36.1. The molecule has 0 bridgehead atoms. The first-order valence-corrected chi connectivity index (χ1v) is 7.00. The first kappa shape index (κ1) is 14.9. The quantitative estimate of drug-likeness (QED) is 0.649. The van der Waals surface area contributed by atoms with Crippen LogP contribution >= 0.6 is 0 Å². The number of benzene rings is 1. The zero-order chi connectivity index (χ0) is 13.4. The van der Waals surface area contributed by atoms with E-state index in [1.165, 1.54) is 19.2 Å². The minimum absolute atomic E-state index is 0.193. The first-order chi connectivity index (χ1) is 8.60. The number of rotatable bonds is 8. The average molecular weight is 274 g/mol. The SMILES string of the molecule is COCCNS(=O)(=O)c1ccc(OCCN)cc1. The third-order valence-corrected chi connectivity index (χ3v) is 3.60. The summed E-state index contributed by atoms with van der Waals surface area (Å²) in [5.74, 6) is 0.594. The molecule has 0 unspecified atom stereocenters. The van der Waals surface area contributed by atoms with Gasteiger partial charge in [-0.25, -0.2) is 13.1 Å². The number of ether oxygens (including phenoxy) is 2. The molecule has 0 aliphatic heterocycles. The van der Waals surface area contributed by atoms with Crippen LogP contribution in [0.4, 0.5) is 0 Å². The monoisotopic (exact) mass is 274 g/mol. The molecule has 0 atom stereocenters. The van der Waals surface area contributed by atoms with E-state index in [4.69, 9.17) is 15.2 Å². The fourth-order valence-electron chi connectivity index (χ4n) is 1.25. The van der Waals surface area contributed by atoms with Crippen molar-refractivity contribution in [1.82, 2.24) is 4.72 Å². The second kappa shape index (κ2) is 7.32. The fraction of sp³-hybridized carbons (Fsp3) is 0.455. The molecule has 0 spiro atoms. The second-order valence-electron chi connectivity index (χ2n) is 3.50. The molecule has 7 heteroatoms. The van der Waals surface area contributed by atoms with Crippen molar-refractivity contribution in [3.05, 3.63) is 24.3 Å². The number of nitrogens with one attached hydrogen (secondary N) is 1. The highest BCUT2D eigenvalue weighted by atomic mass is 32.2. The molecule has 0 aromatic heterocycles. The molecular formula is C11H18N2O4S. The van der Waals surface area contributed by atoms with Crippen LogP contribution < -0.4 is 15.2 Å². The molecule has 0 aliphatic carbocycles. The van der Waals surface area contributed by atoms with Crippen molar-refractivity contribution in [3.63, 3.8) is 0 Å². The molecule has 0 saturated heterocycles. The molecule has 0 aliphatic rings. The van der Waals surface area contributed by atoms with Gasteiger partial charge in [0.05, 0.1) is 11.5 Å². The third-order valence-electron chi connectivity index (χ3n) is 2.12. The zero-order valence-corrected chi connectivity index (χ0v) is 11.1. The third kappa shape index (κ3) is 4.61. The average Bonchev–Trinajstić information content (AvgIpc) is 2.37. The first-order valence-electron chi connectivity index (χ1n) is 5.51. The van der Waals surface area contributed by atoms with Gasteiger partial charge in [0.1, 0.15) is 12.4 Å². The van der Waals surface area contributed by atoms with Gasteiger partial charge in [-0.3, -0.25) is 0 Å². The predicted molar refractivity (Wildman–Crippen MR) is 68.1 cm³/mol. The van der Waals surface area contributed by atoms with Gasteiger partial charge < -0.3 is 15.2 Å². The van der Waals surface area contributed by atoms with Gasteiger partial charge in [-0.05, 0) is 24.3 Å². The van der Waals surface area contributed by atoms with E-state index in [0.717, 1.165) is 0 Å². The fourth-order valence-corrected chi connectivity index (χ4v) is 2.27. The lowest BCUT2D eigenvalue weighted by molar-refractivity contribution is 0.204. The summed E-state index contributed by atoms with van der Waals surface area (Å²) in [7, 11) is -1.97. The van der Waals surface area contributed by atoms with Crippen LogP contribution in [0.5, 0.6) is 5.75 Å². The summed E-state index contributed by atoms with van der Waals surface area (Å²) >= 11 is 0. The Morgan fingerprint density at radius 2 is 1.89 bits per heavy atom. The summed E-state index contributed by atoms with van der Waals surface area (Å²) in [6.07, 6.45) is 0. The topological polar surface area (TPSA) is 90.6 Å². The number of hydrogen-bond donors (Lipinski definition) is 2. The Bertz CT molecular complexity index is 445. The van der Waals surface area contributed by atoms with Crippen LogP contribution in [0.2, 0.25) is 0 Å². The summed E-state index contributed by atoms with van der Waals surface area (Å²) in [5, 5.41) is 0. The van der Waals surface area contributed by atoms with Gasteiger partial charge >= 0.3 is 0 Å². The normalized spacial score (nSPS) is 11.4. The van der Waals surface area contributed by atoms with Crippen LogP contribution in [0.15, 0.2) is 29.2 Å². The van der Waals surface area contributed by atoms with Gasteiger partial charge in [0.25, 0.3) is 0 Å². The molecule has 0 amide bonds. The Morgan fingerprint density at radius 3 is 2.44 bits per heavy atom. The van der Waals surface area contributed by atoms with E-state index < -0.39 is 10.0 Å². The van der Waals surface area contributed by atoms with Gasteiger partial charge in [-0.2, -0.15) is 0 Å². The number of sulfonamides is 1. The summed E-state index contributed by atoms with van der Waals surface area (Å²) in [5.41, 5.74) is 5.30. The van der Waals surface area contributed by atoms with Gasteiger partial charge in [0.15, 0.2) is 0 Å². The molecule has 3 N–H and O–H groups in total. The second-order valence-corrected chi connectivity index (χ2v) is 5.27. The summed E-state index contributed by atoms with van der Waals surface area (Å²) in [4.78, 5) is 0.193. The van der Waals surface area contributed by atoms with Crippen LogP contribution in [0.3, 0.4) is 0 Å². The molecule has 6 nitrogen and oxygen atoms in total. The standard InChI is InChI=1S/C11H18N2O4S/c1-16-9-7-13-18(14,15)11-4-2-10(3-5-11)17-8-6-12/h2-5,13H,6-9,12H2,1H3. The molecular weight excluding hydrogens is 256 g/mol. The Balaban J connectivity index is 2.65. The minimum atomic E-state index is -3.48. The summed E-state index contributed by atoms with van der Waals surface area (Å²) in [6, 6.07) is 6.17. The van der Waals surface area contributed by atoms with E-state index in [9.17, 15) is 8.42 Å².